The Bertz CT molecular complexity index is 472. The van der Waals surface area contributed by atoms with Crippen LogP contribution in [0.5, 0.6) is 11.5 Å². The molecular formula is C13H18N2O4. The first-order valence-electron chi connectivity index (χ1n) is 5.81. The van der Waals surface area contributed by atoms with Gasteiger partial charge in [-0.2, -0.15) is 0 Å². The summed E-state index contributed by atoms with van der Waals surface area (Å²) >= 11 is 0. The van der Waals surface area contributed by atoms with E-state index in [-0.39, 0.29) is 30.5 Å². The van der Waals surface area contributed by atoms with Gasteiger partial charge in [0.15, 0.2) is 11.5 Å². The third-order valence-electron chi connectivity index (χ3n) is 2.56. The zero-order chi connectivity index (χ0) is 14.4. The van der Waals surface area contributed by atoms with Gasteiger partial charge in [-0.25, -0.2) is 0 Å². The van der Waals surface area contributed by atoms with E-state index in [1.165, 1.54) is 24.1 Å². The maximum atomic E-state index is 11.8. The molecule has 0 atom stereocenters. The van der Waals surface area contributed by atoms with Gasteiger partial charge in [0, 0.05) is 32.6 Å². The first-order chi connectivity index (χ1) is 8.95. The van der Waals surface area contributed by atoms with Crippen LogP contribution in [-0.4, -0.2) is 49.6 Å². The van der Waals surface area contributed by atoms with Crippen molar-refractivity contribution in [2.75, 3.05) is 27.7 Å². The average molecular weight is 266 g/mol. The van der Waals surface area contributed by atoms with Crippen molar-refractivity contribution in [2.24, 2.45) is 0 Å². The number of carbonyl (C=O) groups excluding carboxylic acids is 2. The lowest BCUT2D eigenvalue weighted by atomic mass is 10.2. The van der Waals surface area contributed by atoms with Crippen LogP contribution in [0.4, 0.5) is 0 Å². The second-order valence-corrected chi connectivity index (χ2v) is 4.18. The molecule has 0 aliphatic rings. The molecule has 1 rings (SSSR count). The van der Waals surface area contributed by atoms with E-state index in [1.54, 1.807) is 20.2 Å². The van der Waals surface area contributed by atoms with Crippen LogP contribution in [0.3, 0.4) is 0 Å². The van der Waals surface area contributed by atoms with Crippen molar-refractivity contribution < 1.29 is 19.4 Å². The van der Waals surface area contributed by atoms with Gasteiger partial charge in [-0.05, 0) is 18.2 Å². The molecule has 0 bridgehead atoms. The molecule has 0 saturated carbocycles. The molecule has 6 heteroatoms. The van der Waals surface area contributed by atoms with E-state index in [9.17, 15) is 14.7 Å². The number of hydrogen-bond donors (Lipinski definition) is 2. The molecule has 0 spiro atoms. The Morgan fingerprint density at radius 2 is 2.05 bits per heavy atom. The third kappa shape index (κ3) is 4.17. The topological polar surface area (TPSA) is 78.9 Å². The van der Waals surface area contributed by atoms with E-state index in [0.717, 1.165) is 0 Å². The largest absolute Gasteiger partial charge is 0.504 e. The number of aromatic hydroxyl groups is 1. The third-order valence-corrected chi connectivity index (χ3v) is 2.56. The van der Waals surface area contributed by atoms with Crippen molar-refractivity contribution in [2.45, 2.75) is 6.42 Å². The first-order valence-corrected chi connectivity index (χ1v) is 5.81. The number of ether oxygens (including phenoxy) is 1. The Hall–Kier alpha value is -2.24. The molecule has 2 amide bonds. The van der Waals surface area contributed by atoms with Crippen LogP contribution in [0.2, 0.25) is 0 Å². The fourth-order valence-electron chi connectivity index (χ4n) is 1.44. The molecule has 0 saturated heterocycles. The number of nitrogens with one attached hydrogen (secondary N) is 1. The second kappa shape index (κ2) is 6.63. The number of nitrogens with zero attached hydrogens (tertiary/aromatic N) is 1. The average Bonchev–Trinajstić information content (AvgIpc) is 2.38. The summed E-state index contributed by atoms with van der Waals surface area (Å²) in [6.07, 6.45) is 0.237. The molecule has 0 unspecified atom stereocenters. The minimum Gasteiger partial charge on any atom is -0.504 e. The monoisotopic (exact) mass is 266 g/mol. The fraction of sp³-hybridized carbons (Fsp3) is 0.385. The molecule has 0 heterocycles. The minimum atomic E-state index is -0.343. The Morgan fingerprint density at radius 3 is 2.58 bits per heavy atom. The standard InChI is InChI=1S/C13H18N2O4/c1-15(2)12(17)6-7-14-13(18)9-4-5-11(19-3)10(16)8-9/h4-5,8,16H,6-7H2,1-3H3,(H,14,18). The van der Waals surface area contributed by atoms with Gasteiger partial charge in [0.05, 0.1) is 7.11 Å². The highest BCUT2D eigenvalue weighted by Gasteiger charge is 2.10. The maximum absolute atomic E-state index is 11.8. The van der Waals surface area contributed by atoms with Crippen LogP contribution < -0.4 is 10.1 Å². The number of rotatable bonds is 5. The molecule has 0 fully saturated rings. The molecular weight excluding hydrogens is 248 g/mol. The number of carbonyl (C=O) groups is 2. The molecule has 1 aromatic rings. The number of hydrogen-bond acceptors (Lipinski definition) is 4. The quantitative estimate of drug-likeness (QED) is 0.818. The predicted molar refractivity (Wildman–Crippen MR) is 70.3 cm³/mol. The van der Waals surface area contributed by atoms with Crippen molar-refractivity contribution in [3.05, 3.63) is 23.8 Å². The van der Waals surface area contributed by atoms with E-state index in [1.807, 2.05) is 0 Å². The van der Waals surface area contributed by atoms with Gasteiger partial charge in [-0.1, -0.05) is 0 Å². The molecule has 0 aromatic heterocycles. The summed E-state index contributed by atoms with van der Waals surface area (Å²) in [6.45, 7) is 0.253. The lowest BCUT2D eigenvalue weighted by Gasteiger charge is -2.11. The predicted octanol–water partition coefficient (Wildman–Crippen LogP) is 0.609. The summed E-state index contributed by atoms with van der Waals surface area (Å²) in [6, 6.07) is 4.37. The van der Waals surface area contributed by atoms with Crippen LogP contribution in [0.15, 0.2) is 18.2 Å². The highest BCUT2D eigenvalue weighted by Crippen LogP contribution is 2.25. The summed E-state index contributed by atoms with van der Waals surface area (Å²) < 4.78 is 4.89. The van der Waals surface area contributed by atoms with Crippen LogP contribution >= 0.6 is 0 Å². The van der Waals surface area contributed by atoms with Crippen molar-refractivity contribution in [3.8, 4) is 11.5 Å². The summed E-state index contributed by atoms with van der Waals surface area (Å²) in [5.74, 6) is -0.193. The van der Waals surface area contributed by atoms with Gasteiger partial charge in [0.1, 0.15) is 0 Å². The Kier molecular flexibility index (Phi) is 5.17. The highest BCUT2D eigenvalue weighted by atomic mass is 16.5. The van der Waals surface area contributed by atoms with Gasteiger partial charge < -0.3 is 20.1 Å². The SMILES string of the molecule is COc1ccc(C(=O)NCCC(=O)N(C)C)cc1O. The molecule has 104 valence electrons. The summed E-state index contributed by atoms with van der Waals surface area (Å²) in [5, 5.41) is 12.2. The Labute approximate surface area is 112 Å². The lowest BCUT2D eigenvalue weighted by molar-refractivity contribution is -0.128. The van der Waals surface area contributed by atoms with Crippen LogP contribution in [0.1, 0.15) is 16.8 Å². The van der Waals surface area contributed by atoms with Gasteiger partial charge in [-0.3, -0.25) is 9.59 Å². The number of phenolic OH excluding ortho intramolecular Hbond substituents is 1. The van der Waals surface area contributed by atoms with Crippen molar-refractivity contribution in [1.29, 1.82) is 0 Å². The lowest BCUT2D eigenvalue weighted by Crippen LogP contribution is -2.30. The number of benzene rings is 1. The molecule has 0 radical (unpaired) electrons. The van der Waals surface area contributed by atoms with E-state index in [2.05, 4.69) is 5.32 Å². The number of phenols is 1. The number of methoxy groups -OCH3 is 1. The molecule has 0 aliphatic heterocycles. The van der Waals surface area contributed by atoms with Gasteiger partial charge in [0.25, 0.3) is 5.91 Å². The van der Waals surface area contributed by atoms with Crippen molar-refractivity contribution >= 4 is 11.8 Å². The zero-order valence-corrected chi connectivity index (χ0v) is 11.3. The highest BCUT2D eigenvalue weighted by molar-refractivity contribution is 5.95. The number of amides is 2. The first kappa shape index (κ1) is 14.8. The molecule has 0 aliphatic carbocycles. The second-order valence-electron chi connectivity index (χ2n) is 4.18. The van der Waals surface area contributed by atoms with Crippen LogP contribution in [0.25, 0.3) is 0 Å². The van der Waals surface area contributed by atoms with Gasteiger partial charge in [-0.15, -0.1) is 0 Å². The Morgan fingerprint density at radius 1 is 1.37 bits per heavy atom. The van der Waals surface area contributed by atoms with Crippen molar-refractivity contribution in [1.82, 2.24) is 10.2 Å². The van der Waals surface area contributed by atoms with E-state index in [0.29, 0.717) is 11.3 Å². The summed E-state index contributed by atoms with van der Waals surface area (Å²) in [4.78, 5) is 24.5. The molecule has 6 nitrogen and oxygen atoms in total. The van der Waals surface area contributed by atoms with E-state index in [4.69, 9.17) is 4.74 Å². The normalized spacial score (nSPS) is 9.84. The van der Waals surface area contributed by atoms with Gasteiger partial charge >= 0.3 is 0 Å². The minimum absolute atomic E-state index is 0.0575. The summed E-state index contributed by atoms with van der Waals surface area (Å²) in [7, 11) is 4.75. The maximum Gasteiger partial charge on any atom is 0.251 e. The van der Waals surface area contributed by atoms with E-state index >= 15 is 0 Å². The zero-order valence-electron chi connectivity index (χ0n) is 11.3. The van der Waals surface area contributed by atoms with Crippen molar-refractivity contribution in [3.63, 3.8) is 0 Å². The fourth-order valence-corrected chi connectivity index (χ4v) is 1.44. The van der Waals surface area contributed by atoms with Gasteiger partial charge in [0.2, 0.25) is 5.91 Å². The van der Waals surface area contributed by atoms with Crippen LogP contribution in [0, 0.1) is 0 Å². The molecule has 1 aromatic carbocycles. The summed E-state index contributed by atoms with van der Waals surface area (Å²) in [5.41, 5.74) is 0.315. The van der Waals surface area contributed by atoms with E-state index < -0.39 is 0 Å². The van der Waals surface area contributed by atoms with Crippen LogP contribution in [-0.2, 0) is 4.79 Å². The Balaban J connectivity index is 2.54. The molecule has 19 heavy (non-hydrogen) atoms. The smallest absolute Gasteiger partial charge is 0.251 e. The molecule has 2 N–H and O–H groups in total.